The third-order valence-electron chi connectivity index (χ3n) is 4.09. The van der Waals surface area contributed by atoms with Crippen LogP contribution >= 0.6 is 39.3 Å². The predicted molar refractivity (Wildman–Crippen MR) is 119 cm³/mol. The van der Waals surface area contributed by atoms with Crippen molar-refractivity contribution < 1.29 is 4.74 Å². The first-order valence-electron chi connectivity index (χ1n) is 8.82. The van der Waals surface area contributed by atoms with Crippen LogP contribution in [0.4, 0.5) is 0 Å². The van der Waals surface area contributed by atoms with Gasteiger partial charge in [-0.3, -0.25) is 4.57 Å². The van der Waals surface area contributed by atoms with Crippen LogP contribution in [0.5, 0.6) is 5.75 Å². The van der Waals surface area contributed by atoms with Gasteiger partial charge in [0.1, 0.15) is 5.75 Å². The number of aromatic nitrogens is 3. The number of hydrogen-bond acceptors (Lipinski definition) is 4. The average molecular weight is 479 g/mol. The summed E-state index contributed by atoms with van der Waals surface area (Å²) >= 11 is 11.4. The highest BCUT2D eigenvalue weighted by atomic mass is 79.9. The van der Waals surface area contributed by atoms with Crippen molar-refractivity contribution in [2.24, 2.45) is 0 Å². The molecule has 2 aromatic carbocycles. The van der Waals surface area contributed by atoms with Crippen molar-refractivity contribution in [3.8, 4) is 5.75 Å². The van der Waals surface area contributed by atoms with Gasteiger partial charge in [-0.05, 0) is 49.2 Å². The maximum atomic E-state index is 6.27. The molecule has 0 radical (unpaired) electrons. The van der Waals surface area contributed by atoms with E-state index in [0.717, 1.165) is 26.8 Å². The molecule has 28 heavy (non-hydrogen) atoms. The van der Waals surface area contributed by atoms with Gasteiger partial charge >= 0.3 is 0 Å². The quantitative estimate of drug-likeness (QED) is 0.269. The minimum Gasteiger partial charge on any atom is -0.481 e. The van der Waals surface area contributed by atoms with Crippen molar-refractivity contribution >= 4 is 39.3 Å². The molecule has 4 nitrogen and oxygen atoms in total. The molecule has 3 rings (SSSR count). The standard InChI is InChI=1S/C21H21BrClN3OS/c1-4-11-26-20(15(3)27-19-12-14(2)5-10-18(19)23)24-25-21(26)28-13-16-6-8-17(22)9-7-16/h4-10,12,15H,1,11,13H2,2-3H3. The van der Waals surface area contributed by atoms with Crippen LogP contribution in [0.2, 0.25) is 5.02 Å². The number of rotatable bonds is 8. The van der Waals surface area contributed by atoms with Gasteiger partial charge in [-0.25, -0.2) is 0 Å². The van der Waals surface area contributed by atoms with Gasteiger partial charge in [0.25, 0.3) is 0 Å². The lowest BCUT2D eigenvalue weighted by Crippen LogP contribution is -2.12. The van der Waals surface area contributed by atoms with Crippen LogP contribution in [0.15, 0.2) is 64.7 Å². The van der Waals surface area contributed by atoms with Gasteiger partial charge in [-0.1, -0.05) is 63.6 Å². The number of halogens is 2. The van der Waals surface area contributed by atoms with E-state index in [0.29, 0.717) is 17.3 Å². The maximum Gasteiger partial charge on any atom is 0.191 e. The molecule has 0 aliphatic heterocycles. The Morgan fingerprint density at radius 3 is 2.71 bits per heavy atom. The van der Waals surface area contributed by atoms with Crippen LogP contribution in [-0.4, -0.2) is 14.8 Å². The summed E-state index contributed by atoms with van der Waals surface area (Å²) in [4.78, 5) is 0. The second-order valence-electron chi connectivity index (χ2n) is 6.35. The molecule has 0 saturated heterocycles. The summed E-state index contributed by atoms with van der Waals surface area (Å²) in [6.45, 7) is 8.43. The zero-order valence-electron chi connectivity index (χ0n) is 15.7. The molecule has 146 valence electrons. The lowest BCUT2D eigenvalue weighted by molar-refractivity contribution is 0.210. The van der Waals surface area contributed by atoms with E-state index >= 15 is 0 Å². The molecule has 1 atom stereocenters. The van der Waals surface area contributed by atoms with E-state index in [-0.39, 0.29) is 6.10 Å². The Hall–Kier alpha value is -1.76. The van der Waals surface area contributed by atoms with Gasteiger partial charge in [-0.15, -0.1) is 16.8 Å². The highest BCUT2D eigenvalue weighted by molar-refractivity contribution is 9.10. The van der Waals surface area contributed by atoms with E-state index in [9.17, 15) is 0 Å². The van der Waals surface area contributed by atoms with Crippen LogP contribution < -0.4 is 4.74 Å². The number of ether oxygens (including phenoxy) is 1. The zero-order valence-corrected chi connectivity index (χ0v) is 18.9. The van der Waals surface area contributed by atoms with Crippen LogP contribution in [0.1, 0.15) is 30.0 Å². The Morgan fingerprint density at radius 2 is 2.00 bits per heavy atom. The first-order valence-corrected chi connectivity index (χ1v) is 11.0. The summed E-state index contributed by atoms with van der Waals surface area (Å²) in [5.41, 5.74) is 2.31. The molecule has 1 aromatic heterocycles. The normalized spacial score (nSPS) is 12.0. The SMILES string of the molecule is C=CCn1c(SCc2ccc(Br)cc2)nnc1C(C)Oc1cc(C)ccc1Cl. The summed E-state index contributed by atoms with van der Waals surface area (Å²) in [5.74, 6) is 2.20. The third kappa shape index (κ3) is 5.19. The van der Waals surface area contributed by atoms with Gasteiger partial charge in [0.15, 0.2) is 17.1 Å². The average Bonchev–Trinajstić information content (AvgIpc) is 3.07. The molecule has 0 N–H and O–H groups in total. The lowest BCUT2D eigenvalue weighted by atomic mass is 10.2. The minimum atomic E-state index is -0.297. The fourth-order valence-corrected chi connectivity index (χ4v) is 4.02. The van der Waals surface area contributed by atoms with Gasteiger partial charge in [0.2, 0.25) is 0 Å². The van der Waals surface area contributed by atoms with Crippen LogP contribution in [0.3, 0.4) is 0 Å². The molecule has 0 fully saturated rings. The van der Waals surface area contributed by atoms with Gasteiger partial charge < -0.3 is 4.74 Å². The van der Waals surface area contributed by atoms with Crippen LogP contribution in [-0.2, 0) is 12.3 Å². The van der Waals surface area contributed by atoms with E-state index in [1.807, 2.05) is 54.8 Å². The maximum absolute atomic E-state index is 6.27. The largest absolute Gasteiger partial charge is 0.481 e. The molecule has 0 aliphatic rings. The van der Waals surface area contributed by atoms with Crippen molar-refractivity contribution in [2.45, 2.75) is 37.4 Å². The van der Waals surface area contributed by atoms with E-state index in [1.165, 1.54) is 5.56 Å². The first-order chi connectivity index (χ1) is 13.5. The number of allylic oxidation sites excluding steroid dienone is 1. The Morgan fingerprint density at radius 1 is 1.25 bits per heavy atom. The highest BCUT2D eigenvalue weighted by Crippen LogP contribution is 2.31. The molecule has 0 bridgehead atoms. The summed E-state index contributed by atoms with van der Waals surface area (Å²) in [6.07, 6.45) is 1.54. The first kappa shape index (κ1) is 21.0. The summed E-state index contributed by atoms with van der Waals surface area (Å²) in [7, 11) is 0. The van der Waals surface area contributed by atoms with Crippen LogP contribution in [0, 0.1) is 6.92 Å². The molecule has 1 unspecified atom stereocenters. The smallest absolute Gasteiger partial charge is 0.191 e. The van der Waals surface area contributed by atoms with Crippen molar-refractivity contribution in [3.05, 3.63) is 81.6 Å². The van der Waals surface area contributed by atoms with Crippen LogP contribution in [0.25, 0.3) is 0 Å². The number of aryl methyl sites for hydroxylation is 1. The Kier molecular flexibility index (Phi) is 7.21. The van der Waals surface area contributed by atoms with E-state index in [1.54, 1.807) is 11.8 Å². The molecule has 0 spiro atoms. The fourth-order valence-electron chi connectivity index (χ4n) is 2.68. The monoisotopic (exact) mass is 477 g/mol. The van der Waals surface area contributed by atoms with Crippen molar-refractivity contribution in [3.63, 3.8) is 0 Å². The number of benzene rings is 2. The molecule has 3 aromatic rings. The van der Waals surface area contributed by atoms with E-state index in [2.05, 4.69) is 44.8 Å². The molecule has 1 heterocycles. The Labute approximate surface area is 183 Å². The Bertz CT molecular complexity index is 959. The summed E-state index contributed by atoms with van der Waals surface area (Å²) in [5, 5.41) is 10.2. The topological polar surface area (TPSA) is 39.9 Å². The van der Waals surface area contributed by atoms with E-state index in [4.69, 9.17) is 16.3 Å². The minimum absolute atomic E-state index is 0.297. The van der Waals surface area contributed by atoms with Gasteiger partial charge in [0, 0.05) is 16.8 Å². The fraction of sp³-hybridized carbons (Fsp3) is 0.238. The highest BCUT2D eigenvalue weighted by Gasteiger charge is 2.20. The molecule has 0 saturated carbocycles. The van der Waals surface area contributed by atoms with Gasteiger partial charge in [-0.2, -0.15) is 0 Å². The van der Waals surface area contributed by atoms with Crippen molar-refractivity contribution in [1.29, 1.82) is 0 Å². The third-order valence-corrected chi connectivity index (χ3v) is 5.97. The Balaban J connectivity index is 1.78. The molecule has 0 aliphatic carbocycles. The summed E-state index contributed by atoms with van der Waals surface area (Å²) < 4.78 is 9.19. The molecular weight excluding hydrogens is 458 g/mol. The van der Waals surface area contributed by atoms with Gasteiger partial charge in [0.05, 0.1) is 5.02 Å². The lowest BCUT2D eigenvalue weighted by Gasteiger charge is -2.17. The predicted octanol–water partition coefficient (Wildman–Crippen LogP) is 6.62. The number of nitrogens with zero attached hydrogens (tertiary/aromatic N) is 3. The zero-order chi connectivity index (χ0) is 20.1. The molecule has 7 heteroatoms. The van der Waals surface area contributed by atoms with Crippen molar-refractivity contribution in [1.82, 2.24) is 14.8 Å². The number of hydrogen-bond donors (Lipinski definition) is 0. The number of thioether (sulfide) groups is 1. The molecule has 0 amide bonds. The summed E-state index contributed by atoms with van der Waals surface area (Å²) in [6, 6.07) is 14.0. The molecular formula is C21H21BrClN3OS. The van der Waals surface area contributed by atoms with E-state index < -0.39 is 0 Å². The van der Waals surface area contributed by atoms with Crippen molar-refractivity contribution in [2.75, 3.05) is 0 Å². The second kappa shape index (κ2) is 9.63. The second-order valence-corrected chi connectivity index (χ2v) is 8.61.